The van der Waals surface area contributed by atoms with Crippen molar-refractivity contribution in [3.63, 3.8) is 0 Å². The molecule has 0 bridgehead atoms. The Balaban J connectivity index is 2.87. The van der Waals surface area contributed by atoms with Crippen LogP contribution in [0.15, 0.2) is 18.2 Å². The lowest BCUT2D eigenvalue weighted by molar-refractivity contribution is 0.0407. The zero-order valence-corrected chi connectivity index (χ0v) is 9.43. The summed E-state index contributed by atoms with van der Waals surface area (Å²) in [4.78, 5) is 0. The van der Waals surface area contributed by atoms with Gasteiger partial charge in [-0.3, -0.25) is 0 Å². The molecule has 0 unspecified atom stereocenters. The maximum Gasteiger partial charge on any atom is 0.126 e. The van der Waals surface area contributed by atoms with E-state index in [4.69, 9.17) is 21.4 Å². The molecule has 0 radical (unpaired) electrons. The molecule has 14 heavy (non-hydrogen) atoms. The van der Waals surface area contributed by atoms with Gasteiger partial charge in [0.25, 0.3) is 0 Å². The second kappa shape index (κ2) is 4.20. The maximum absolute atomic E-state index is 9.05. The minimum absolute atomic E-state index is 0.0188. The number of aryl methyl sites for hydroxylation is 1. The summed E-state index contributed by atoms with van der Waals surface area (Å²) in [5.41, 5.74) is 0.414. The third kappa shape index (κ3) is 2.89. The molecule has 0 aliphatic rings. The molecule has 0 aliphatic heterocycles. The zero-order chi connectivity index (χ0) is 10.8. The Kier molecular flexibility index (Phi) is 3.40. The highest BCUT2D eigenvalue weighted by Gasteiger charge is 2.18. The minimum atomic E-state index is -0.557. The highest BCUT2D eigenvalue weighted by molar-refractivity contribution is 6.30. The summed E-state index contributed by atoms with van der Waals surface area (Å²) in [5.74, 6) is 0.758. The predicted molar refractivity (Wildman–Crippen MR) is 58.0 cm³/mol. The summed E-state index contributed by atoms with van der Waals surface area (Å²) in [7, 11) is 0. The fourth-order valence-corrected chi connectivity index (χ4v) is 1.28. The molecule has 0 saturated carbocycles. The predicted octanol–water partition coefficient (Wildman–Crippen LogP) is 2.80. The van der Waals surface area contributed by atoms with E-state index in [0.29, 0.717) is 5.02 Å². The monoisotopic (exact) mass is 214 g/mol. The molecule has 0 amide bonds. The van der Waals surface area contributed by atoms with Gasteiger partial charge in [-0.1, -0.05) is 11.6 Å². The lowest BCUT2D eigenvalue weighted by Crippen LogP contribution is -2.32. The Hall–Kier alpha value is -0.730. The van der Waals surface area contributed by atoms with Crippen LogP contribution < -0.4 is 4.74 Å². The molecule has 0 atom stereocenters. The van der Waals surface area contributed by atoms with E-state index in [9.17, 15) is 0 Å². The van der Waals surface area contributed by atoms with Crippen molar-refractivity contribution in [1.29, 1.82) is 0 Å². The molecule has 0 aromatic heterocycles. The van der Waals surface area contributed by atoms with Crippen LogP contribution in [-0.4, -0.2) is 17.3 Å². The van der Waals surface area contributed by atoms with E-state index in [-0.39, 0.29) is 6.61 Å². The minimum Gasteiger partial charge on any atom is -0.485 e. The molecule has 2 nitrogen and oxygen atoms in total. The summed E-state index contributed by atoms with van der Waals surface area (Å²) < 4.78 is 5.63. The van der Waals surface area contributed by atoms with Crippen LogP contribution in [0.25, 0.3) is 0 Å². The van der Waals surface area contributed by atoms with Crippen molar-refractivity contribution in [3.8, 4) is 5.75 Å². The molecular weight excluding hydrogens is 200 g/mol. The first kappa shape index (κ1) is 11.3. The molecule has 78 valence electrons. The van der Waals surface area contributed by atoms with Crippen molar-refractivity contribution < 1.29 is 9.84 Å². The Morgan fingerprint density at radius 2 is 2.07 bits per heavy atom. The fourth-order valence-electron chi connectivity index (χ4n) is 1.06. The van der Waals surface area contributed by atoms with Gasteiger partial charge >= 0.3 is 0 Å². The molecule has 0 heterocycles. The third-order valence-electron chi connectivity index (χ3n) is 1.90. The average molecular weight is 215 g/mol. The summed E-state index contributed by atoms with van der Waals surface area (Å²) in [6.45, 7) is 5.58. The normalized spacial score (nSPS) is 11.5. The van der Waals surface area contributed by atoms with Crippen LogP contribution in [0.1, 0.15) is 19.4 Å². The molecule has 0 saturated heterocycles. The lowest BCUT2D eigenvalue weighted by atomic mass is 10.1. The molecule has 1 aromatic rings. The number of benzene rings is 1. The summed E-state index contributed by atoms with van der Waals surface area (Å²) in [6.07, 6.45) is 0. The molecule has 3 heteroatoms. The number of halogens is 1. The quantitative estimate of drug-likeness (QED) is 0.839. The van der Waals surface area contributed by atoms with Crippen LogP contribution in [-0.2, 0) is 0 Å². The molecule has 1 N–H and O–H groups in total. The molecule has 0 spiro atoms. The number of ether oxygens (including phenoxy) is 1. The third-order valence-corrected chi connectivity index (χ3v) is 2.14. The van der Waals surface area contributed by atoms with Crippen molar-refractivity contribution in [3.05, 3.63) is 28.8 Å². The largest absolute Gasteiger partial charge is 0.485 e. The van der Waals surface area contributed by atoms with Crippen LogP contribution in [0.4, 0.5) is 0 Å². The smallest absolute Gasteiger partial charge is 0.126 e. The van der Waals surface area contributed by atoms with Crippen molar-refractivity contribution >= 4 is 11.6 Å². The first-order valence-corrected chi connectivity index (χ1v) is 4.88. The van der Waals surface area contributed by atoms with Gasteiger partial charge in [0.15, 0.2) is 0 Å². The van der Waals surface area contributed by atoms with Gasteiger partial charge in [0.05, 0.1) is 6.61 Å². The maximum atomic E-state index is 9.05. The molecule has 1 aromatic carbocycles. The van der Waals surface area contributed by atoms with E-state index in [1.54, 1.807) is 6.07 Å². The van der Waals surface area contributed by atoms with Crippen LogP contribution >= 0.6 is 11.6 Å². The topological polar surface area (TPSA) is 29.5 Å². The van der Waals surface area contributed by atoms with E-state index in [0.717, 1.165) is 11.3 Å². The van der Waals surface area contributed by atoms with E-state index >= 15 is 0 Å². The second-order valence-electron chi connectivity index (χ2n) is 3.93. The Morgan fingerprint density at radius 1 is 1.43 bits per heavy atom. The molecular formula is C11H15ClO2. The van der Waals surface area contributed by atoms with Gasteiger partial charge in [-0.05, 0) is 44.5 Å². The van der Waals surface area contributed by atoms with Crippen LogP contribution in [0.5, 0.6) is 5.75 Å². The van der Waals surface area contributed by atoms with Gasteiger partial charge in [-0.25, -0.2) is 0 Å². The van der Waals surface area contributed by atoms with Crippen LogP contribution in [0, 0.1) is 6.92 Å². The summed E-state index contributed by atoms with van der Waals surface area (Å²) >= 11 is 5.82. The van der Waals surface area contributed by atoms with Crippen molar-refractivity contribution in [2.75, 3.05) is 6.61 Å². The number of hydrogen-bond donors (Lipinski definition) is 1. The van der Waals surface area contributed by atoms with Crippen molar-refractivity contribution in [2.24, 2.45) is 0 Å². The molecule has 1 rings (SSSR count). The molecule has 0 aliphatic carbocycles. The summed E-state index contributed by atoms with van der Waals surface area (Å²) in [6, 6.07) is 5.43. The van der Waals surface area contributed by atoms with E-state index < -0.39 is 5.60 Å². The van der Waals surface area contributed by atoms with Gasteiger partial charge in [-0.15, -0.1) is 0 Å². The van der Waals surface area contributed by atoms with E-state index in [2.05, 4.69) is 0 Å². The van der Waals surface area contributed by atoms with Gasteiger partial charge in [0.1, 0.15) is 11.4 Å². The first-order chi connectivity index (χ1) is 6.44. The van der Waals surface area contributed by atoms with Crippen molar-refractivity contribution in [1.82, 2.24) is 0 Å². The van der Waals surface area contributed by atoms with Crippen LogP contribution in [0.3, 0.4) is 0 Å². The second-order valence-corrected chi connectivity index (χ2v) is 4.37. The Labute approximate surface area is 89.5 Å². The fraction of sp³-hybridized carbons (Fsp3) is 0.455. The number of hydrogen-bond acceptors (Lipinski definition) is 2. The lowest BCUT2D eigenvalue weighted by Gasteiger charge is -2.25. The highest BCUT2D eigenvalue weighted by Crippen LogP contribution is 2.25. The van der Waals surface area contributed by atoms with Crippen LogP contribution in [0.2, 0.25) is 5.02 Å². The van der Waals surface area contributed by atoms with E-state index in [1.807, 2.05) is 32.9 Å². The Morgan fingerprint density at radius 3 is 2.57 bits per heavy atom. The number of aliphatic hydroxyl groups is 1. The average Bonchev–Trinajstić information content (AvgIpc) is 2.10. The number of aliphatic hydroxyl groups excluding tert-OH is 1. The summed E-state index contributed by atoms with van der Waals surface area (Å²) in [5, 5.41) is 9.74. The first-order valence-electron chi connectivity index (χ1n) is 4.51. The van der Waals surface area contributed by atoms with E-state index in [1.165, 1.54) is 0 Å². The number of rotatable bonds is 3. The zero-order valence-electron chi connectivity index (χ0n) is 8.67. The Bertz CT molecular complexity index is 321. The van der Waals surface area contributed by atoms with Gasteiger partial charge < -0.3 is 9.84 Å². The molecule has 0 fully saturated rings. The van der Waals surface area contributed by atoms with Gasteiger partial charge in [-0.2, -0.15) is 0 Å². The highest BCUT2D eigenvalue weighted by atomic mass is 35.5. The standard InChI is InChI=1S/C11H15ClO2/c1-8-6-9(12)4-5-10(8)14-11(2,3)7-13/h4-6,13H,7H2,1-3H3. The van der Waals surface area contributed by atoms with Gasteiger partial charge in [0, 0.05) is 5.02 Å². The SMILES string of the molecule is Cc1cc(Cl)ccc1OC(C)(C)CO. The van der Waals surface area contributed by atoms with Crippen molar-refractivity contribution in [2.45, 2.75) is 26.4 Å². The van der Waals surface area contributed by atoms with Gasteiger partial charge in [0.2, 0.25) is 0 Å².